The molecular formula is C18H26F5IN4O. The summed E-state index contributed by atoms with van der Waals surface area (Å²) in [6.07, 6.45) is -3.51. The molecule has 1 atom stereocenters. The Morgan fingerprint density at radius 3 is 2.66 bits per heavy atom. The lowest BCUT2D eigenvalue weighted by atomic mass is 10.1. The fraction of sp³-hybridized carbons (Fsp3) is 0.611. The molecule has 5 nitrogen and oxygen atoms in total. The molecule has 1 aromatic rings. The Balaban J connectivity index is 0.00000420. The minimum Gasteiger partial charge on any atom is -0.434 e. The van der Waals surface area contributed by atoms with E-state index in [1.807, 2.05) is 6.92 Å². The van der Waals surface area contributed by atoms with Gasteiger partial charge in [-0.3, -0.25) is 4.90 Å². The summed E-state index contributed by atoms with van der Waals surface area (Å²) in [5.41, 5.74) is 0.511. The summed E-state index contributed by atoms with van der Waals surface area (Å²) in [5.74, 6) is 0.625. The first-order chi connectivity index (χ1) is 13.3. The molecule has 1 fully saturated rings. The van der Waals surface area contributed by atoms with Gasteiger partial charge in [-0.05, 0) is 31.9 Å². The van der Waals surface area contributed by atoms with Crippen molar-refractivity contribution in [1.82, 2.24) is 15.5 Å². The zero-order valence-electron chi connectivity index (χ0n) is 16.0. The van der Waals surface area contributed by atoms with Crippen LogP contribution in [0.25, 0.3) is 0 Å². The molecule has 0 aromatic heterocycles. The van der Waals surface area contributed by atoms with Gasteiger partial charge in [0.25, 0.3) is 0 Å². The Bertz CT molecular complexity index is 645. The van der Waals surface area contributed by atoms with Crippen molar-refractivity contribution in [3.05, 3.63) is 29.8 Å². The predicted molar refractivity (Wildman–Crippen MR) is 112 cm³/mol. The molecule has 29 heavy (non-hydrogen) atoms. The predicted octanol–water partition coefficient (Wildman–Crippen LogP) is 3.85. The lowest BCUT2D eigenvalue weighted by Crippen LogP contribution is -2.40. The van der Waals surface area contributed by atoms with E-state index < -0.39 is 19.3 Å². The van der Waals surface area contributed by atoms with E-state index >= 15 is 0 Å². The third kappa shape index (κ3) is 9.79. The Labute approximate surface area is 184 Å². The van der Waals surface area contributed by atoms with E-state index in [0.29, 0.717) is 44.1 Å². The molecule has 1 heterocycles. The zero-order valence-corrected chi connectivity index (χ0v) is 18.3. The molecule has 0 amide bonds. The largest absolute Gasteiger partial charge is 0.434 e. The summed E-state index contributed by atoms with van der Waals surface area (Å²) in [6.45, 7) is 0.0576. The van der Waals surface area contributed by atoms with Gasteiger partial charge in [-0.25, -0.2) is 4.99 Å². The van der Waals surface area contributed by atoms with E-state index in [-0.39, 0.29) is 42.2 Å². The fourth-order valence-corrected chi connectivity index (χ4v) is 3.07. The molecule has 1 aromatic carbocycles. The van der Waals surface area contributed by atoms with Crippen molar-refractivity contribution in [2.75, 3.05) is 32.7 Å². The number of benzene rings is 1. The maximum atomic E-state index is 12.5. The van der Waals surface area contributed by atoms with Crippen molar-refractivity contribution in [2.45, 2.75) is 32.7 Å². The lowest BCUT2D eigenvalue weighted by molar-refractivity contribution is -0.143. The van der Waals surface area contributed by atoms with Crippen LogP contribution in [0, 0.1) is 5.92 Å². The van der Waals surface area contributed by atoms with Gasteiger partial charge in [0.1, 0.15) is 5.75 Å². The van der Waals surface area contributed by atoms with Gasteiger partial charge in [-0.15, -0.1) is 24.0 Å². The molecular weight excluding hydrogens is 510 g/mol. The van der Waals surface area contributed by atoms with Gasteiger partial charge in [-0.2, -0.15) is 22.0 Å². The van der Waals surface area contributed by atoms with Crippen LogP contribution in [0.1, 0.15) is 18.9 Å². The van der Waals surface area contributed by atoms with Crippen LogP contribution >= 0.6 is 24.0 Å². The summed E-state index contributed by atoms with van der Waals surface area (Å²) in [6, 6.07) is 6.40. The number of rotatable bonds is 8. The maximum absolute atomic E-state index is 12.5. The van der Waals surface area contributed by atoms with Gasteiger partial charge in [0.15, 0.2) is 5.96 Å². The fourth-order valence-electron chi connectivity index (χ4n) is 3.07. The standard InChI is InChI=1S/C18H25F5N4O.HI/c1-2-24-17(25-9-13-7-8-27(11-13)12-18(21,22)23)26-10-14-5-3-4-6-15(14)28-16(19)20;/h3-6,13,16H,2,7-12H2,1H3,(H2,24,25,26);1H. The quantitative estimate of drug-likeness (QED) is 0.230. The second-order valence-corrected chi connectivity index (χ2v) is 6.57. The Hall–Kier alpha value is -1.37. The molecule has 0 radical (unpaired) electrons. The summed E-state index contributed by atoms with van der Waals surface area (Å²) in [4.78, 5) is 5.76. The second kappa shape index (κ2) is 12.4. The lowest BCUT2D eigenvalue weighted by Gasteiger charge is -2.18. The first-order valence-electron chi connectivity index (χ1n) is 9.11. The van der Waals surface area contributed by atoms with Gasteiger partial charge in [0.2, 0.25) is 0 Å². The SMILES string of the molecule is CCNC(=NCc1ccccc1OC(F)F)NCC1CCN(CC(F)(F)F)C1.I. The first-order valence-corrected chi connectivity index (χ1v) is 9.11. The van der Waals surface area contributed by atoms with Crippen molar-refractivity contribution in [1.29, 1.82) is 0 Å². The molecule has 1 aliphatic rings. The average molecular weight is 536 g/mol. The van der Waals surface area contributed by atoms with Crippen LogP contribution in [0.5, 0.6) is 5.75 Å². The van der Waals surface area contributed by atoms with E-state index in [9.17, 15) is 22.0 Å². The minimum absolute atomic E-state index is 0. The van der Waals surface area contributed by atoms with Crippen molar-refractivity contribution >= 4 is 29.9 Å². The highest BCUT2D eigenvalue weighted by Gasteiger charge is 2.34. The Morgan fingerprint density at radius 1 is 1.28 bits per heavy atom. The molecule has 2 rings (SSSR count). The van der Waals surface area contributed by atoms with Crippen LogP contribution in [0.15, 0.2) is 29.3 Å². The molecule has 166 valence electrons. The van der Waals surface area contributed by atoms with E-state index in [1.165, 1.54) is 11.0 Å². The van der Waals surface area contributed by atoms with E-state index in [0.717, 1.165) is 0 Å². The average Bonchev–Trinajstić information content (AvgIpc) is 3.03. The maximum Gasteiger partial charge on any atom is 0.401 e. The number of likely N-dealkylation sites (tertiary alicyclic amines) is 1. The van der Waals surface area contributed by atoms with E-state index in [4.69, 9.17) is 0 Å². The monoisotopic (exact) mass is 536 g/mol. The highest BCUT2D eigenvalue weighted by molar-refractivity contribution is 14.0. The smallest absolute Gasteiger partial charge is 0.401 e. The number of guanidine groups is 1. The number of hydrogen-bond donors (Lipinski definition) is 2. The molecule has 1 unspecified atom stereocenters. The third-order valence-electron chi connectivity index (χ3n) is 4.27. The van der Waals surface area contributed by atoms with E-state index in [1.54, 1.807) is 18.2 Å². The molecule has 0 saturated carbocycles. The molecule has 1 aliphatic heterocycles. The zero-order chi connectivity index (χ0) is 20.6. The Morgan fingerprint density at radius 2 is 2.00 bits per heavy atom. The number of hydrogen-bond acceptors (Lipinski definition) is 3. The third-order valence-corrected chi connectivity index (χ3v) is 4.27. The van der Waals surface area contributed by atoms with Gasteiger partial charge in [0, 0.05) is 25.2 Å². The second-order valence-electron chi connectivity index (χ2n) is 6.57. The minimum atomic E-state index is -4.19. The van der Waals surface area contributed by atoms with Crippen LogP contribution in [0.2, 0.25) is 0 Å². The molecule has 1 saturated heterocycles. The molecule has 0 bridgehead atoms. The normalized spacial score (nSPS) is 17.9. The highest BCUT2D eigenvalue weighted by Crippen LogP contribution is 2.23. The highest BCUT2D eigenvalue weighted by atomic mass is 127. The number of para-hydroxylation sites is 1. The van der Waals surface area contributed by atoms with Crippen molar-refractivity contribution in [3.8, 4) is 5.75 Å². The summed E-state index contributed by atoms with van der Waals surface area (Å²) in [5, 5.41) is 6.16. The van der Waals surface area contributed by atoms with Crippen LogP contribution in [0.3, 0.4) is 0 Å². The van der Waals surface area contributed by atoms with Crippen LogP contribution in [0.4, 0.5) is 22.0 Å². The molecule has 2 N–H and O–H groups in total. The summed E-state index contributed by atoms with van der Waals surface area (Å²) in [7, 11) is 0. The van der Waals surface area contributed by atoms with Gasteiger partial charge in [-0.1, -0.05) is 18.2 Å². The first kappa shape index (κ1) is 25.7. The van der Waals surface area contributed by atoms with Crippen LogP contribution < -0.4 is 15.4 Å². The topological polar surface area (TPSA) is 48.9 Å². The number of nitrogens with one attached hydrogen (secondary N) is 2. The van der Waals surface area contributed by atoms with Crippen molar-refractivity contribution in [3.63, 3.8) is 0 Å². The molecule has 0 aliphatic carbocycles. The number of ether oxygens (including phenoxy) is 1. The molecule has 0 spiro atoms. The Kier molecular flexibility index (Phi) is 10.9. The van der Waals surface area contributed by atoms with Crippen molar-refractivity contribution < 1.29 is 26.7 Å². The van der Waals surface area contributed by atoms with Crippen LogP contribution in [-0.4, -0.2) is 56.4 Å². The van der Waals surface area contributed by atoms with Crippen LogP contribution in [-0.2, 0) is 6.54 Å². The molecule has 11 heteroatoms. The summed E-state index contributed by atoms with van der Waals surface area (Å²) < 4.78 is 66.9. The summed E-state index contributed by atoms with van der Waals surface area (Å²) >= 11 is 0. The number of halogens is 6. The van der Waals surface area contributed by atoms with Gasteiger partial charge in [0.05, 0.1) is 13.1 Å². The number of aliphatic imine (C=N–C) groups is 1. The van der Waals surface area contributed by atoms with Gasteiger partial charge < -0.3 is 15.4 Å². The number of alkyl halides is 5. The van der Waals surface area contributed by atoms with Crippen molar-refractivity contribution in [2.24, 2.45) is 10.9 Å². The number of nitrogens with zero attached hydrogens (tertiary/aromatic N) is 2. The van der Waals surface area contributed by atoms with E-state index in [2.05, 4.69) is 20.4 Å². The van der Waals surface area contributed by atoms with Gasteiger partial charge >= 0.3 is 12.8 Å².